The molecule has 3 N–H and O–H groups in total. The summed E-state index contributed by atoms with van der Waals surface area (Å²) in [5, 5.41) is 5.72. The van der Waals surface area contributed by atoms with E-state index in [1.54, 1.807) is 0 Å². The van der Waals surface area contributed by atoms with E-state index < -0.39 is 8.32 Å². The van der Waals surface area contributed by atoms with Crippen LogP contribution in [0.3, 0.4) is 0 Å². The number of hydrogen-bond acceptors (Lipinski definition) is 4. The van der Waals surface area contributed by atoms with Crippen LogP contribution in [-0.2, 0) is 15.6 Å². The van der Waals surface area contributed by atoms with Gasteiger partial charge in [-0.2, -0.15) is 0 Å². The number of benzene rings is 4. The van der Waals surface area contributed by atoms with Crippen LogP contribution in [0.25, 0.3) is 0 Å². The molecule has 4 aromatic carbocycles. The second kappa shape index (κ2) is 13.1. The Balaban J connectivity index is 1.54. The molecule has 44 heavy (non-hydrogen) atoms. The molecular weight excluding hydrogens is 559 g/mol. The zero-order valence-electron chi connectivity index (χ0n) is 27.0. The lowest BCUT2D eigenvalue weighted by molar-refractivity contribution is -0.124. The summed E-state index contributed by atoms with van der Waals surface area (Å²) in [4.78, 5) is 16.1. The number of amides is 1. The van der Waals surface area contributed by atoms with Crippen LogP contribution in [0.2, 0.25) is 5.04 Å². The highest BCUT2D eigenvalue weighted by Gasteiger charge is 2.50. The number of fused-ring (bicyclic) bond motifs is 1. The van der Waals surface area contributed by atoms with Gasteiger partial charge in [0, 0.05) is 12.7 Å². The lowest BCUT2D eigenvalue weighted by Crippen LogP contribution is -2.67. The molecule has 1 aliphatic heterocycles. The fourth-order valence-corrected chi connectivity index (χ4v) is 11.5. The predicted molar refractivity (Wildman–Crippen MR) is 185 cm³/mol. The number of carbonyl (C=O) groups excluding carboxylic acids is 1. The molecule has 1 heterocycles. The molecule has 0 unspecified atom stereocenters. The molecule has 6 heteroatoms. The normalized spacial score (nSPS) is 18.3. The summed E-state index contributed by atoms with van der Waals surface area (Å²) in [5.74, 6) is 0.137. The first kappa shape index (κ1) is 31.7. The van der Waals surface area contributed by atoms with Crippen molar-refractivity contribution in [3.63, 3.8) is 0 Å². The number of anilines is 1. The van der Waals surface area contributed by atoms with Gasteiger partial charge in [0.15, 0.2) is 0 Å². The minimum absolute atomic E-state index is 0.0296. The molecule has 230 valence electrons. The Morgan fingerprint density at radius 3 is 1.93 bits per heavy atom. The molecule has 0 spiro atoms. The van der Waals surface area contributed by atoms with Gasteiger partial charge in [0.1, 0.15) is 6.04 Å². The van der Waals surface area contributed by atoms with Crippen LogP contribution in [0.5, 0.6) is 0 Å². The van der Waals surface area contributed by atoms with Crippen molar-refractivity contribution in [3.8, 4) is 0 Å². The summed E-state index contributed by atoms with van der Waals surface area (Å²) in [6.07, 6.45) is 0.662. The van der Waals surface area contributed by atoms with Crippen molar-refractivity contribution in [2.45, 2.75) is 64.2 Å². The van der Waals surface area contributed by atoms with Crippen molar-refractivity contribution >= 4 is 30.3 Å². The first-order chi connectivity index (χ1) is 21.0. The van der Waals surface area contributed by atoms with Crippen LogP contribution in [0.1, 0.15) is 57.4 Å². The number of nitrogens with two attached hydrogens (primary N) is 1. The summed E-state index contributed by atoms with van der Waals surface area (Å²) < 4.78 is 7.30. The average Bonchev–Trinajstić information content (AvgIpc) is 3.01. The molecule has 0 bridgehead atoms. The molecule has 5 nitrogen and oxygen atoms in total. The Bertz CT molecular complexity index is 1500. The molecule has 3 atom stereocenters. The van der Waals surface area contributed by atoms with Gasteiger partial charge >= 0.3 is 0 Å². The molecule has 1 aliphatic rings. The Morgan fingerprint density at radius 2 is 1.41 bits per heavy atom. The molecule has 5 rings (SSSR count). The van der Waals surface area contributed by atoms with Crippen molar-refractivity contribution in [1.82, 2.24) is 5.32 Å². The third-order valence-electron chi connectivity index (χ3n) is 9.06. The summed E-state index contributed by atoms with van der Waals surface area (Å²) in [6, 6.07) is 37.3. The van der Waals surface area contributed by atoms with Crippen molar-refractivity contribution in [2.24, 2.45) is 11.7 Å². The fraction of sp³-hybridized carbons (Fsp3) is 0.342. The monoisotopic (exact) mass is 605 g/mol. The standard InChI is InChI=1S/C38H47N3O2Si/c1-27(2)36-37(42)40-31(24-29-22-23-30(25-34(29)41(36)6)35(39)28-16-10-7-11-17-28)26-43-44(38(3,4)5,32-18-12-8-13-19-32)33-20-14-9-15-21-33/h7-23,25,27,31,35-36H,24,26,39H2,1-6H3,(H,40,42)/t31-,35-,36-/m0/s1. The van der Waals surface area contributed by atoms with E-state index in [9.17, 15) is 4.79 Å². The zero-order valence-corrected chi connectivity index (χ0v) is 28.0. The van der Waals surface area contributed by atoms with E-state index in [-0.39, 0.29) is 35.0 Å². The van der Waals surface area contributed by atoms with Gasteiger partial charge in [0.25, 0.3) is 8.32 Å². The maximum absolute atomic E-state index is 13.9. The predicted octanol–water partition coefficient (Wildman–Crippen LogP) is 5.81. The van der Waals surface area contributed by atoms with E-state index in [4.69, 9.17) is 10.2 Å². The number of carbonyl (C=O) groups is 1. The Morgan fingerprint density at radius 1 is 0.864 bits per heavy atom. The third-order valence-corrected chi connectivity index (χ3v) is 14.1. The first-order valence-corrected chi connectivity index (χ1v) is 17.7. The van der Waals surface area contributed by atoms with Gasteiger partial charge in [-0.25, -0.2) is 0 Å². The van der Waals surface area contributed by atoms with E-state index >= 15 is 0 Å². The van der Waals surface area contributed by atoms with Crippen LogP contribution in [0, 0.1) is 5.92 Å². The lowest BCUT2D eigenvalue weighted by Gasteiger charge is -2.44. The smallest absolute Gasteiger partial charge is 0.261 e. The second-order valence-electron chi connectivity index (χ2n) is 13.5. The molecule has 0 saturated carbocycles. The van der Waals surface area contributed by atoms with E-state index in [1.807, 2.05) is 25.2 Å². The number of nitrogens with zero attached hydrogens (tertiary/aromatic N) is 1. The van der Waals surface area contributed by atoms with Gasteiger partial charge in [-0.15, -0.1) is 0 Å². The number of hydrogen-bond donors (Lipinski definition) is 2. The highest BCUT2D eigenvalue weighted by Crippen LogP contribution is 2.37. The van der Waals surface area contributed by atoms with E-state index in [2.05, 4.69) is 136 Å². The summed E-state index contributed by atoms with van der Waals surface area (Å²) in [6.45, 7) is 11.5. The van der Waals surface area contributed by atoms with Gasteiger partial charge in [0.2, 0.25) is 5.91 Å². The second-order valence-corrected chi connectivity index (χ2v) is 17.8. The molecule has 0 fully saturated rings. The van der Waals surface area contributed by atoms with Crippen molar-refractivity contribution in [3.05, 3.63) is 126 Å². The Kier molecular flexibility index (Phi) is 9.44. The van der Waals surface area contributed by atoms with Crippen molar-refractivity contribution < 1.29 is 9.22 Å². The summed E-state index contributed by atoms with van der Waals surface area (Å²) >= 11 is 0. The first-order valence-electron chi connectivity index (χ1n) is 15.7. The highest BCUT2D eigenvalue weighted by atomic mass is 28.4. The van der Waals surface area contributed by atoms with Gasteiger partial charge < -0.3 is 20.4 Å². The number of likely N-dealkylation sites (N-methyl/N-ethyl adjacent to an activating group) is 1. The fourth-order valence-electron chi connectivity index (χ4n) is 6.89. The van der Waals surface area contributed by atoms with Gasteiger partial charge in [-0.3, -0.25) is 4.79 Å². The van der Waals surface area contributed by atoms with Gasteiger partial charge in [0.05, 0.1) is 18.7 Å². The maximum Gasteiger partial charge on any atom is 0.261 e. The average molecular weight is 606 g/mol. The SMILES string of the molecule is CC(C)[C@H]1C(=O)N[C@H](CO[Si](c2ccccc2)(c2ccccc2)C(C)(C)C)Cc2ccc([C@@H](N)c3ccccc3)cc2N1C. The van der Waals surface area contributed by atoms with Crippen LogP contribution in [-0.4, -0.2) is 40.0 Å². The highest BCUT2D eigenvalue weighted by molar-refractivity contribution is 6.99. The van der Waals surface area contributed by atoms with Crippen molar-refractivity contribution in [2.75, 3.05) is 18.6 Å². The Hall–Kier alpha value is -3.71. The van der Waals surface area contributed by atoms with Gasteiger partial charge in [-0.1, -0.05) is 138 Å². The molecule has 0 aliphatic carbocycles. The molecule has 0 saturated heterocycles. The van der Waals surface area contributed by atoms with Crippen LogP contribution >= 0.6 is 0 Å². The van der Waals surface area contributed by atoms with Crippen LogP contribution in [0.15, 0.2) is 109 Å². The number of nitrogens with one attached hydrogen (secondary N) is 1. The number of rotatable bonds is 8. The molecule has 0 aromatic heterocycles. The minimum atomic E-state index is -2.77. The van der Waals surface area contributed by atoms with E-state index in [0.717, 1.165) is 16.8 Å². The molecule has 0 radical (unpaired) electrons. The lowest BCUT2D eigenvalue weighted by atomic mass is 9.92. The maximum atomic E-state index is 13.9. The molecular formula is C38H47N3O2Si. The Labute approximate surface area is 264 Å². The molecule has 1 amide bonds. The summed E-state index contributed by atoms with van der Waals surface area (Å²) in [7, 11) is -0.740. The third kappa shape index (κ3) is 6.25. The minimum Gasteiger partial charge on any atom is -0.405 e. The van der Waals surface area contributed by atoms with E-state index in [0.29, 0.717) is 13.0 Å². The van der Waals surface area contributed by atoms with Crippen LogP contribution < -0.4 is 26.3 Å². The van der Waals surface area contributed by atoms with Gasteiger partial charge in [-0.05, 0) is 50.5 Å². The largest absolute Gasteiger partial charge is 0.405 e. The van der Waals surface area contributed by atoms with Crippen molar-refractivity contribution in [1.29, 1.82) is 0 Å². The quantitative estimate of drug-likeness (QED) is 0.249. The zero-order chi connectivity index (χ0) is 31.5. The van der Waals surface area contributed by atoms with Crippen LogP contribution in [0.4, 0.5) is 5.69 Å². The summed E-state index contributed by atoms with van der Waals surface area (Å²) in [5.41, 5.74) is 11.1. The van der Waals surface area contributed by atoms with E-state index in [1.165, 1.54) is 15.9 Å². The topological polar surface area (TPSA) is 67.6 Å². The molecule has 4 aromatic rings.